The number of aromatic nitrogens is 2. The van der Waals surface area contributed by atoms with Gasteiger partial charge >= 0.3 is 6.18 Å². The largest absolute Gasteiger partial charge is 0.512 e. The van der Waals surface area contributed by atoms with Crippen molar-refractivity contribution in [2.45, 2.75) is 120 Å². The van der Waals surface area contributed by atoms with Gasteiger partial charge in [-0.25, -0.2) is 0 Å². The van der Waals surface area contributed by atoms with Gasteiger partial charge in [-0.3, -0.25) is 4.79 Å². The molecule has 0 bridgehead atoms. The number of hydrogen-bond acceptors (Lipinski definition) is 4. The SMILES string of the molecule is CCC(CC)C(=O)/C=C(\O)C(CC)CC(F)(F)F.Cc1[c-]c(-c2nccc3cc([Si](C)(C)C)ccc23)cc(C)c1.[2H]c1cc2cc([Si](C)(C)C)ccc2c(-c2[c-]c(C)cc(C)c2)n1.[Ir]. The molecule has 4 aromatic carbocycles. The van der Waals surface area contributed by atoms with E-state index in [1.54, 1.807) is 6.92 Å². The van der Waals surface area contributed by atoms with Crippen LogP contribution in [0.5, 0.6) is 0 Å². The zero-order chi connectivity index (χ0) is 47.0. The maximum Gasteiger partial charge on any atom is 0.389 e. The second-order valence-corrected chi connectivity index (χ2v) is 28.7. The van der Waals surface area contributed by atoms with Gasteiger partial charge in [0.15, 0.2) is 5.78 Å². The van der Waals surface area contributed by atoms with Crippen LogP contribution < -0.4 is 10.4 Å². The van der Waals surface area contributed by atoms with E-state index >= 15 is 0 Å². The van der Waals surface area contributed by atoms with E-state index in [1.807, 2.05) is 33.0 Å². The molecule has 1 radical (unpaired) electrons. The summed E-state index contributed by atoms with van der Waals surface area (Å²) in [6.45, 7) is 27.8. The zero-order valence-electron chi connectivity index (χ0n) is 40.3. The number of rotatable bonds is 11. The second kappa shape index (κ2) is 22.6. The van der Waals surface area contributed by atoms with Crippen LogP contribution in [0.4, 0.5) is 13.2 Å². The van der Waals surface area contributed by atoms with Gasteiger partial charge in [0.25, 0.3) is 0 Å². The van der Waals surface area contributed by atoms with E-state index in [2.05, 4.69) is 149 Å². The Labute approximate surface area is 391 Å². The Bertz CT molecular complexity index is 2540. The molecule has 0 aliphatic carbocycles. The van der Waals surface area contributed by atoms with Crippen LogP contribution in [-0.4, -0.2) is 43.2 Å². The van der Waals surface area contributed by atoms with Crippen molar-refractivity contribution in [3.63, 3.8) is 0 Å². The van der Waals surface area contributed by atoms with Crippen LogP contribution in [-0.2, 0) is 24.9 Å². The fourth-order valence-corrected chi connectivity index (χ4v) is 9.85. The number of fused-ring (bicyclic) bond motifs is 2. The normalized spacial score (nSPS) is 12.8. The Morgan fingerprint density at radius 1 is 0.698 bits per heavy atom. The molecule has 0 amide bonds. The number of hydrogen-bond donors (Lipinski definition) is 1. The maximum absolute atomic E-state index is 12.3. The summed E-state index contributed by atoms with van der Waals surface area (Å²) in [5, 5.41) is 17.2. The van der Waals surface area contributed by atoms with Crippen LogP contribution in [0.1, 0.15) is 70.1 Å². The van der Waals surface area contributed by atoms with E-state index in [1.165, 1.54) is 32.3 Å². The molecule has 0 aliphatic rings. The number of allylic oxidation sites excluding steroid dienone is 2. The van der Waals surface area contributed by atoms with Crippen LogP contribution in [0, 0.1) is 51.7 Å². The monoisotopic (exact) mass is 1070 g/mol. The average molecular weight is 1070 g/mol. The van der Waals surface area contributed by atoms with Crippen molar-refractivity contribution in [2.75, 3.05) is 0 Å². The number of aliphatic hydroxyl groups excluding tert-OH is 1. The first-order valence-electron chi connectivity index (χ1n) is 22.2. The molecule has 1 N–H and O–H groups in total. The van der Waals surface area contributed by atoms with Gasteiger partial charge in [0, 0.05) is 50.4 Å². The van der Waals surface area contributed by atoms with Crippen LogP contribution in [0.3, 0.4) is 0 Å². The van der Waals surface area contributed by atoms with Crippen LogP contribution in [0.25, 0.3) is 44.1 Å². The summed E-state index contributed by atoms with van der Waals surface area (Å²) >= 11 is 0. The number of carbonyl (C=O) groups is 1. The Morgan fingerprint density at radius 3 is 1.56 bits per heavy atom. The van der Waals surface area contributed by atoms with Gasteiger partial charge in [0.05, 0.1) is 29.7 Å². The predicted octanol–water partition coefficient (Wildman–Crippen LogP) is 14.1. The fraction of sp³-hybridized carbons (Fsp3) is 0.377. The molecule has 1 unspecified atom stereocenters. The molecule has 6 aromatic rings. The molecule has 1 atom stereocenters. The number of alkyl halides is 3. The third-order valence-corrected chi connectivity index (χ3v) is 15.2. The van der Waals surface area contributed by atoms with Crippen molar-refractivity contribution < 1.29 is 44.5 Å². The Kier molecular flexibility index (Phi) is 18.5. The third kappa shape index (κ3) is 15.2. The molecule has 6 rings (SSSR count). The topological polar surface area (TPSA) is 63.1 Å². The van der Waals surface area contributed by atoms with Gasteiger partial charge < -0.3 is 15.1 Å². The smallest absolute Gasteiger partial charge is 0.389 e. The molecule has 63 heavy (non-hydrogen) atoms. The number of aryl methyl sites for hydroxylation is 4. The third-order valence-electron chi connectivity index (χ3n) is 11.1. The van der Waals surface area contributed by atoms with E-state index in [0.29, 0.717) is 19.0 Å². The quantitative estimate of drug-likeness (QED) is 0.0608. The number of nitrogens with zero attached hydrogens (tertiary/aromatic N) is 2. The molecule has 0 fully saturated rings. The van der Waals surface area contributed by atoms with Crippen molar-refractivity contribution in [1.82, 2.24) is 9.97 Å². The molecule has 0 spiro atoms. The molecule has 4 nitrogen and oxygen atoms in total. The summed E-state index contributed by atoms with van der Waals surface area (Å²) < 4.78 is 44.9. The zero-order valence-corrected chi connectivity index (χ0v) is 43.7. The van der Waals surface area contributed by atoms with Crippen molar-refractivity contribution in [3.05, 3.63) is 131 Å². The summed E-state index contributed by atoms with van der Waals surface area (Å²) in [6, 6.07) is 32.8. The van der Waals surface area contributed by atoms with E-state index in [9.17, 15) is 23.1 Å². The summed E-state index contributed by atoms with van der Waals surface area (Å²) in [4.78, 5) is 20.8. The predicted molar refractivity (Wildman–Crippen MR) is 261 cm³/mol. The standard InChI is InChI=1S/2C20H22NSi.C13H21F3O2.Ir/c2*1-14-10-15(2)12-17(11-14)20-19-7-6-18(22(3,4)5)13-16(19)8-9-21-20;1-4-9(5-2)11(17)7-12(18)10(6-3)8-13(14,15)16;/h2*6-11,13H,1-5H3;7,9-10,18H,4-6,8H2,1-3H3;/q2*-1;;/b;;12-7-;/i9D;;;. The summed E-state index contributed by atoms with van der Waals surface area (Å²) in [6.07, 6.45) is -0.840. The van der Waals surface area contributed by atoms with Gasteiger partial charge in [0.1, 0.15) is 0 Å². The van der Waals surface area contributed by atoms with Gasteiger partial charge in [-0.05, 0) is 64.3 Å². The summed E-state index contributed by atoms with van der Waals surface area (Å²) in [5.41, 5.74) is 8.67. The van der Waals surface area contributed by atoms with Crippen LogP contribution >= 0.6 is 0 Å². The first-order valence-corrected chi connectivity index (χ1v) is 28.7. The maximum atomic E-state index is 12.3. The number of pyridine rings is 2. The molecule has 2 heterocycles. The number of ketones is 1. The number of halogens is 3. The summed E-state index contributed by atoms with van der Waals surface area (Å²) in [7, 11) is -2.67. The minimum atomic E-state index is -4.33. The van der Waals surface area contributed by atoms with Gasteiger partial charge in [-0.1, -0.05) is 135 Å². The Morgan fingerprint density at radius 2 is 1.14 bits per heavy atom. The van der Waals surface area contributed by atoms with E-state index in [4.69, 9.17) is 1.37 Å². The Hall–Kier alpha value is -4.22. The number of benzene rings is 4. The number of aliphatic hydroxyl groups is 1. The molecule has 0 saturated carbocycles. The van der Waals surface area contributed by atoms with Crippen LogP contribution in [0.2, 0.25) is 39.3 Å². The van der Waals surface area contributed by atoms with E-state index < -0.39 is 40.4 Å². The minimum absolute atomic E-state index is 0. The first-order chi connectivity index (χ1) is 29.3. The minimum Gasteiger partial charge on any atom is -0.512 e. The first kappa shape index (κ1) is 51.4. The van der Waals surface area contributed by atoms with Crippen LogP contribution in [0.15, 0.2) is 97.0 Å². The fourth-order valence-electron chi connectivity index (χ4n) is 7.51. The molecule has 10 heteroatoms. The van der Waals surface area contributed by atoms with E-state index in [0.717, 1.165) is 50.5 Å². The molecule has 0 aliphatic heterocycles. The molecular formula is C53H65F3IrN2O2Si2-2. The molecule has 0 saturated heterocycles. The summed E-state index contributed by atoms with van der Waals surface area (Å²) in [5.74, 6) is -2.00. The van der Waals surface area contributed by atoms with E-state index in [-0.39, 0.29) is 38.2 Å². The molecule has 2 aromatic heterocycles. The van der Waals surface area contributed by atoms with Gasteiger partial charge in [-0.15, -0.1) is 69.8 Å². The van der Waals surface area contributed by atoms with Gasteiger partial charge in [-0.2, -0.15) is 13.2 Å². The van der Waals surface area contributed by atoms with Gasteiger partial charge in [0.2, 0.25) is 0 Å². The molecular weight excluding hydrogens is 1000 g/mol. The van der Waals surface area contributed by atoms with Crippen molar-refractivity contribution >= 4 is 53.8 Å². The second-order valence-electron chi connectivity index (χ2n) is 18.5. The molecule has 339 valence electrons. The Balaban J connectivity index is 0.000000256. The number of carbonyl (C=O) groups excluding carboxylic acids is 1. The van der Waals surface area contributed by atoms with Crippen molar-refractivity contribution in [2.24, 2.45) is 11.8 Å². The van der Waals surface area contributed by atoms with Crippen molar-refractivity contribution in [1.29, 1.82) is 0 Å². The van der Waals surface area contributed by atoms with Crippen molar-refractivity contribution in [3.8, 4) is 22.5 Å². The average Bonchev–Trinajstić information content (AvgIpc) is 3.18.